The minimum absolute atomic E-state index is 0.111. The van der Waals surface area contributed by atoms with E-state index in [9.17, 15) is 0 Å². The molecule has 176 valence electrons. The Kier molecular flexibility index (Phi) is 8.01. The Morgan fingerprint density at radius 2 is 1.56 bits per heavy atom. The van der Waals surface area contributed by atoms with Crippen LogP contribution in [-0.4, -0.2) is 48.2 Å². The molecular formula is C26H39FN2O2Si. The molecule has 0 radical (unpaired) electrons. The fourth-order valence-electron chi connectivity index (χ4n) is 3.70. The van der Waals surface area contributed by atoms with Crippen molar-refractivity contribution in [3.63, 3.8) is 0 Å². The number of methoxy groups -OCH3 is 1. The molecule has 1 heterocycles. The van der Waals surface area contributed by atoms with Crippen molar-refractivity contribution < 1.29 is 13.6 Å². The second-order valence-electron chi connectivity index (χ2n) is 10.2. The van der Waals surface area contributed by atoms with Gasteiger partial charge in [0, 0.05) is 44.5 Å². The molecule has 2 aromatic rings. The average Bonchev–Trinajstić information content (AvgIpc) is 2.77. The first-order valence-corrected chi connectivity index (χ1v) is 14.5. The van der Waals surface area contributed by atoms with Gasteiger partial charge in [0.25, 0.3) is 0 Å². The normalized spacial score (nSPS) is 15.3. The summed E-state index contributed by atoms with van der Waals surface area (Å²) in [6.45, 7) is 15.5. The molecule has 4 nitrogen and oxygen atoms in total. The summed E-state index contributed by atoms with van der Waals surface area (Å²) < 4.78 is 26.8. The van der Waals surface area contributed by atoms with E-state index in [4.69, 9.17) is 9.16 Å². The third kappa shape index (κ3) is 5.91. The number of anilines is 2. The highest BCUT2D eigenvalue weighted by molar-refractivity contribution is 6.74. The molecule has 1 aliphatic rings. The number of rotatable bonds is 8. The van der Waals surface area contributed by atoms with E-state index in [0.717, 1.165) is 39.2 Å². The summed E-state index contributed by atoms with van der Waals surface area (Å²) in [5, 5.41) is 0.111. The van der Waals surface area contributed by atoms with Crippen LogP contribution in [0.3, 0.4) is 0 Å². The quantitative estimate of drug-likeness (QED) is 0.462. The van der Waals surface area contributed by atoms with Crippen LogP contribution in [0.4, 0.5) is 15.8 Å². The third-order valence-electron chi connectivity index (χ3n) is 6.97. The Hall–Kier alpha value is -1.89. The number of nitrogens with zero attached hydrogens (tertiary/aromatic N) is 2. The van der Waals surface area contributed by atoms with Crippen LogP contribution in [0.25, 0.3) is 0 Å². The molecule has 0 N–H and O–H groups in total. The van der Waals surface area contributed by atoms with Crippen molar-refractivity contribution >= 4 is 19.7 Å². The number of ether oxygens (including phenoxy) is 1. The summed E-state index contributed by atoms with van der Waals surface area (Å²) in [6, 6.07) is 14.4. The maximum atomic E-state index is 15.4. The Bertz CT molecular complexity index is 872. The van der Waals surface area contributed by atoms with Crippen molar-refractivity contribution in [2.45, 2.75) is 51.9 Å². The first-order valence-electron chi connectivity index (χ1n) is 11.6. The molecule has 0 spiro atoms. The second kappa shape index (κ2) is 10.4. The van der Waals surface area contributed by atoms with Gasteiger partial charge in [-0.3, -0.25) is 0 Å². The van der Waals surface area contributed by atoms with Gasteiger partial charge in [0.15, 0.2) is 14.1 Å². The summed E-state index contributed by atoms with van der Waals surface area (Å²) in [6.07, 6.45) is 0.930. The molecule has 1 saturated heterocycles. The third-order valence-corrected chi connectivity index (χ3v) is 11.4. The van der Waals surface area contributed by atoms with Crippen molar-refractivity contribution in [1.29, 1.82) is 0 Å². The number of hydrogen-bond donors (Lipinski definition) is 0. The lowest BCUT2D eigenvalue weighted by molar-refractivity contribution is 0.202. The van der Waals surface area contributed by atoms with Gasteiger partial charge in [-0.05, 0) is 48.3 Å². The van der Waals surface area contributed by atoms with Gasteiger partial charge in [-0.2, -0.15) is 0 Å². The predicted molar refractivity (Wildman–Crippen MR) is 135 cm³/mol. The number of piperazine rings is 1. The van der Waals surface area contributed by atoms with Crippen molar-refractivity contribution in [3.05, 3.63) is 59.4 Å². The molecule has 32 heavy (non-hydrogen) atoms. The molecule has 0 aliphatic carbocycles. The summed E-state index contributed by atoms with van der Waals surface area (Å²) in [4.78, 5) is 4.54. The van der Waals surface area contributed by atoms with E-state index in [2.05, 4.69) is 67.9 Å². The fraction of sp³-hybridized carbons (Fsp3) is 0.538. The molecule has 3 rings (SSSR count). The highest BCUT2D eigenvalue weighted by atomic mass is 28.4. The fourth-order valence-corrected chi connectivity index (χ4v) is 4.64. The van der Waals surface area contributed by atoms with Crippen molar-refractivity contribution in [3.8, 4) is 0 Å². The Morgan fingerprint density at radius 3 is 2.16 bits per heavy atom. The molecule has 2 aromatic carbocycles. The number of halogens is 1. The average molecular weight is 459 g/mol. The van der Waals surface area contributed by atoms with E-state index in [1.807, 2.05) is 18.2 Å². The minimum Gasteiger partial charge on any atom is -0.412 e. The highest BCUT2D eigenvalue weighted by Crippen LogP contribution is 2.37. The van der Waals surface area contributed by atoms with Crippen LogP contribution in [0.5, 0.6) is 0 Å². The highest BCUT2D eigenvalue weighted by Gasteiger charge is 2.37. The van der Waals surface area contributed by atoms with Gasteiger partial charge in [-0.25, -0.2) is 4.39 Å². The van der Waals surface area contributed by atoms with Crippen molar-refractivity contribution in [2.75, 3.05) is 49.7 Å². The molecule has 6 heteroatoms. The Balaban J connectivity index is 1.61. The number of benzene rings is 2. The van der Waals surface area contributed by atoms with Crippen LogP contribution in [0.15, 0.2) is 42.5 Å². The lowest BCUT2D eigenvalue weighted by atomic mass is 10.1. The monoisotopic (exact) mass is 458 g/mol. The summed E-state index contributed by atoms with van der Waals surface area (Å²) in [7, 11) is -0.190. The van der Waals surface area contributed by atoms with Gasteiger partial charge in [0.2, 0.25) is 0 Å². The zero-order valence-electron chi connectivity index (χ0n) is 20.6. The van der Waals surface area contributed by atoms with E-state index in [-0.39, 0.29) is 10.9 Å². The first-order chi connectivity index (χ1) is 15.1. The first kappa shape index (κ1) is 24.7. The Labute approximate surface area is 194 Å². The second-order valence-corrected chi connectivity index (χ2v) is 15.0. The topological polar surface area (TPSA) is 24.9 Å². The zero-order valence-corrected chi connectivity index (χ0v) is 21.6. The lowest BCUT2D eigenvalue weighted by Gasteiger charge is -2.38. The molecule has 0 amide bonds. The van der Waals surface area contributed by atoms with Gasteiger partial charge in [0.05, 0.1) is 18.9 Å². The van der Waals surface area contributed by atoms with Crippen LogP contribution in [0, 0.1) is 5.82 Å². The van der Waals surface area contributed by atoms with Crippen LogP contribution in [0.1, 0.15) is 31.9 Å². The van der Waals surface area contributed by atoms with Gasteiger partial charge in [-0.1, -0.05) is 45.0 Å². The molecule has 0 unspecified atom stereocenters. The SMILES string of the molecule is COCCc1ccc(N2CCN(c3cccc(CO[Si](C)(C)C(C)(C)C)c3F)CC2)cc1. The molecule has 0 bridgehead atoms. The smallest absolute Gasteiger partial charge is 0.192 e. The molecule has 1 aliphatic heterocycles. The zero-order chi connectivity index (χ0) is 23.4. The maximum Gasteiger partial charge on any atom is 0.192 e. The van der Waals surface area contributed by atoms with Crippen molar-refractivity contribution in [1.82, 2.24) is 0 Å². The summed E-state index contributed by atoms with van der Waals surface area (Å²) in [5.41, 5.74) is 3.85. The van der Waals surface area contributed by atoms with Gasteiger partial charge < -0.3 is 19.0 Å². The predicted octanol–water partition coefficient (Wildman–Crippen LogP) is 5.86. The lowest BCUT2D eigenvalue weighted by Crippen LogP contribution is -2.47. The van der Waals surface area contributed by atoms with E-state index in [0.29, 0.717) is 17.9 Å². The van der Waals surface area contributed by atoms with Crippen LogP contribution in [0.2, 0.25) is 18.1 Å². The molecule has 1 fully saturated rings. The number of hydrogen-bond acceptors (Lipinski definition) is 4. The minimum atomic E-state index is -1.92. The standard InChI is InChI=1S/C26H39FN2O2Si/c1-26(2,3)32(5,6)31-20-22-8-7-9-24(25(22)27)29-17-15-28(16-18-29)23-12-10-21(11-13-23)14-19-30-4/h7-13H,14-20H2,1-6H3. The maximum absolute atomic E-state index is 15.4. The van der Waals surface area contributed by atoms with E-state index in [1.54, 1.807) is 7.11 Å². The molecule has 0 saturated carbocycles. The molecule has 0 aromatic heterocycles. The van der Waals surface area contributed by atoms with E-state index in [1.165, 1.54) is 11.3 Å². The molecular weight excluding hydrogens is 419 g/mol. The van der Waals surface area contributed by atoms with E-state index >= 15 is 4.39 Å². The summed E-state index contributed by atoms with van der Waals surface area (Å²) >= 11 is 0. The van der Waals surface area contributed by atoms with Gasteiger partial charge in [-0.15, -0.1) is 0 Å². The van der Waals surface area contributed by atoms with Crippen LogP contribution < -0.4 is 9.80 Å². The molecule has 0 atom stereocenters. The Morgan fingerprint density at radius 1 is 0.938 bits per heavy atom. The van der Waals surface area contributed by atoms with Crippen LogP contribution >= 0.6 is 0 Å². The van der Waals surface area contributed by atoms with Gasteiger partial charge >= 0.3 is 0 Å². The van der Waals surface area contributed by atoms with Crippen LogP contribution in [-0.2, 0) is 22.2 Å². The van der Waals surface area contributed by atoms with Crippen molar-refractivity contribution in [2.24, 2.45) is 0 Å². The van der Waals surface area contributed by atoms with E-state index < -0.39 is 8.32 Å². The van der Waals surface area contributed by atoms with Gasteiger partial charge in [0.1, 0.15) is 0 Å². The summed E-state index contributed by atoms with van der Waals surface area (Å²) in [5.74, 6) is -0.137. The largest absolute Gasteiger partial charge is 0.412 e.